The van der Waals surface area contributed by atoms with Crippen LogP contribution in [0.5, 0.6) is 0 Å². The number of imide groups is 2. The van der Waals surface area contributed by atoms with Crippen LogP contribution in [-0.2, 0) is 38.3 Å². The summed E-state index contributed by atoms with van der Waals surface area (Å²) in [7, 11) is 0. The molecule has 0 aromatic carbocycles. The first-order valence-corrected chi connectivity index (χ1v) is 10.4. The standard InChI is InChI=1S/C21H26N2O7.CH2O.2CH4/c24-16(7-3-1-5-13-22-17(25)9-10-18(22)26)15-30-21(29)8-4-2-6-14-23-19(27)11-12-20(23)28;1-2;;/h9-12H,1-8,13-15H2;1H2;2*1H4. The fourth-order valence-corrected chi connectivity index (χ4v) is 3.09. The highest BCUT2D eigenvalue weighted by molar-refractivity contribution is 6.13. The molecule has 0 spiro atoms. The third-order valence-electron chi connectivity index (χ3n) is 4.80. The van der Waals surface area contributed by atoms with Gasteiger partial charge >= 0.3 is 5.97 Å². The number of esters is 1. The second kappa shape index (κ2) is 18.0. The molecule has 190 valence electrons. The van der Waals surface area contributed by atoms with E-state index >= 15 is 0 Å². The maximum Gasteiger partial charge on any atom is 0.306 e. The number of carbonyl (C=O) groups excluding carboxylic acids is 7. The van der Waals surface area contributed by atoms with Crippen LogP contribution >= 0.6 is 0 Å². The van der Waals surface area contributed by atoms with Crippen molar-refractivity contribution in [3.05, 3.63) is 24.3 Å². The van der Waals surface area contributed by atoms with Crippen molar-refractivity contribution in [2.75, 3.05) is 19.7 Å². The zero-order valence-corrected chi connectivity index (χ0v) is 18.0. The van der Waals surface area contributed by atoms with Crippen LogP contribution < -0.4 is 0 Å². The summed E-state index contributed by atoms with van der Waals surface area (Å²) in [5, 5.41) is 0. The minimum Gasteiger partial charge on any atom is -0.458 e. The van der Waals surface area contributed by atoms with Gasteiger partial charge in [-0.15, -0.1) is 0 Å². The van der Waals surface area contributed by atoms with Crippen molar-refractivity contribution >= 4 is 42.2 Å². The van der Waals surface area contributed by atoms with Crippen molar-refractivity contribution in [2.45, 2.75) is 66.2 Å². The van der Waals surface area contributed by atoms with Gasteiger partial charge in [-0.1, -0.05) is 27.7 Å². The summed E-state index contributed by atoms with van der Waals surface area (Å²) in [6.07, 6.45) is 9.16. The molecule has 0 bridgehead atoms. The van der Waals surface area contributed by atoms with E-state index in [0.717, 1.165) is 4.90 Å². The molecule has 2 aliphatic heterocycles. The molecule has 34 heavy (non-hydrogen) atoms. The quantitative estimate of drug-likeness (QED) is 0.210. The Balaban J connectivity index is 0. The average molecular weight is 481 g/mol. The summed E-state index contributed by atoms with van der Waals surface area (Å²) >= 11 is 0. The molecule has 2 heterocycles. The van der Waals surface area contributed by atoms with Gasteiger partial charge in [0.2, 0.25) is 0 Å². The second-order valence-electron chi connectivity index (χ2n) is 7.14. The Morgan fingerprint density at radius 2 is 1.03 bits per heavy atom. The molecule has 0 aliphatic carbocycles. The first-order chi connectivity index (χ1) is 15.4. The topological polar surface area (TPSA) is 135 Å². The van der Waals surface area contributed by atoms with Gasteiger partial charge in [-0.3, -0.25) is 38.6 Å². The Labute approximate surface area is 201 Å². The number of unbranched alkanes of at least 4 members (excludes halogenated alkanes) is 4. The molecule has 0 saturated carbocycles. The number of ketones is 1. The van der Waals surface area contributed by atoms with E-state index in [1.165, 1.54) is 29.2 Å². The van der Waals surface area contributed by atoms with Crippen LogP contribution in [0.1, 0.15) is 66.2 Å². The molecule has 0 saturated heterocycles. The summed E-state index contributed by atoms with van der Waals surface area (Å²) < 4.78 is 4.96. The van der Waals surface area contributed by atoms with Gasteiger partial charge in [0.05, 0.1) is 0 Å². The minimum atomic E-state index is -0.447. The minimum absolute atomic E-state index is 0. The predicted molar refractivity (Wildman–Crippen MR) is 125 cm³/mol. The van der Waals surface area contributed by atoms with E-state index in [4.69, 9.17) is 9.53 Å². The van der Waals surface area contributed by atoms with E-state index in [2.05, 4.69) is 0 Å². The Hall–Kier alpha value is -3.43. The van der Waals surface area contributed by atoms with E-state index in [9.17, 15) is 28.8 Å². The molecule has 0 fully saturated rings. The first kappa shape index (κ1) is 32.7. The van der Waals surface area contributed by atoms with Crippen molar-refractivity contribution in [1.29, 1.82) is 0 Å². The number of amides is 4. The van der Waals surface area contributed by atoms with E-state index in [-0.39, 0.29) is 63.7 Å². The molecule has 0 unspecified atom stereocenters. The van der Waals surface area contributed by atoms with Gasteiger partial charge in [0.15, 0.2) is 5.78 Å². The molecule has 2 rings (SSSR count). The highest BCUT2D eigenvalue weighted by Gasteiger charge is 2.23. The lowest BCUT2D eigenvalue weighted by Gasteiger charge is -2.13. The van der Waals surface area contributed by atoms with Crippen LogP contribution in [-0.4, -0.2) is 71.7 Å². The number of hydrogen-bond acceptors (Lipinski definition) is 8. The molecule has 10 nitrogen and oxygen atoms in total. The maximum absolute atomic E-state index is 11.8. The summed E-state index contributed by atoms with van der Waals surface area (Å²) in [4.78, 5) is 79.3. The van der Waals surface area contributed by atoms with E-state index in [1.54, 1.807) is 0 Å². The predicted octanol–water partition coefficient (Wildman–Crippen LogP) is 2.16. The molecule has 0 radical (unpaired) electrons. The first-order valence-electron chi connectivity index (χ1n) is 10.4. The van der Waals surface area contributed by atoms with Crippen molar-refractivity contribution in [3.8, 4) is 0 Å². The lowest BCUT2D eigenvalue weighted by molar-refractivity contribution is -0.148. The molecule has 2 aliphatic rings. The van der Waals surface area contributed by atoms with Crippen LogP contribution in [0.2, 0.25) is 0 Å². The highest BCUT2D eigenvalue weighted by atomic mass is 16.5. The van der Waals surface area contributed by atoms with Crippen LogP contribution in [0.4, 0.5) is 0 Å². The number of Topliss-reactive ketones (excluding diaryl/α,β-unsaturated/α-hetero) is 1. The van der Waals surface area contributed by atoms with E-state index in [1.807, 2.05) is 6.79 Å². The zero-order valence-electron chi connectivity index (χ0n) is 18.0. The number of ether oxygens (including phenoxy) is 1. The smallest absolute Gasteiger partial charge is 0.306 e. The van der Waals surface area contributed by atoms with E-state index in [0.29, 0.717) is 51.6 Å². The Morgan fingerprint density at radius 1 is 0.647 bits per heavy atom. The maximum atomic E-state index is 11.8. The molecule has 0 aromatic rings. The van der Waals surface area contributed by atoms with Crippen molar-refractivity contribution in [2.24, 2.45) is 0 Å². The van der Waals surface area contributed by atoms with Crippen LogP contribution in [0.3, 0.4) is 0 Å². The fraction of sp³-hybridized carbons (Fsp3) is 0.542. The normalized spacial score (nSPS) is 13.9. The molecular formula is C24H36N2O8. The Bertz CT molecular complexity index is 688. The second-order valence-corrected chi connectivity index (χ2v) is 7.14. The monoisotopic (exact) mass is 480 g/mol. The molecule has 10 heteroatoms. The number of rotatable bonds is 14. The summed E-state index contributed by atoms with van der Waals surface area (Å²) in [5.74, 6) is -1.86. The lowest BCUT2D eigenvalue weighted by atomic mass is 10.1. The number of nitrogens with zero attached hydrogens (tertiary/aromatic N) is 2. The molecule has 0 aromatic heterocycles. The van der Waals surface area contributed by atoms with Crippen LogP contribution in [0, 0.1) is 0 Å². The van der Waals surface area contributed by atoms with E-state index < -0.39 is 5.97 Å². The third kappa shape index (κ3) is 11.4. The fourth-order valence-electron chi connectivity index (χ4n) is 3.09. The van der Waals surface area contributed by atoms with Crippen molar-refractivity contribution in [3.63, 3.8) is 0 Å². The Kier molecular flexibility index (Phi) is 17.4. The third-order valence-corrected chi connectivity index (χ3v) is 4.80. The van der Waals surface area contributed by atoms with Gasteiger partial charge in [-0.05, 0) is 25.7 Å². The van der Waals surface area contributed by atoms with Gasteiger partial charge in [0.1, 0.15) is 13.4 Å². The van der Waals surface area contributed by atoms with Gasteiger partial charge in [-0.25, -0.2) is 0 Å². The highest BCUT2D eigenvalue weighted by Crippen LogP contribution is 2.09. The van der Waals surface area contributed by atoms with Crippen molar-refractivity contribution in [1.82, 2.24) is 9.80 Å². The zero-order chi connectivity index (χ0) is 23.9. The molecule has 0 N–H and O–H groups in total. The summed E-state index contributed by atoms with van der Waals surface area (Å²) in [6, 6.07) is 0. The molecular weight excluding hydrogens is 444 g/mol. The van der Waals surface area contributed by atoms with Crippen molar-refractivity contribution < 1.29 is 38.3 Å². The molecule has 4 amide bonds. The largest absolute Gasteiger partial charge is 0.458 e. The summed E-state index contributed by atoms with van der Waals surface area (Å²) in [5.41, 5.74) is 0. The average Bonchev–Trinajstić information content (AvgIpc) is 3.28. The van der Waals surface area contributed by atoms with Crippen LogP contribution in [0.15, 0.2) is 24.3 Å². The number of hydrogen-bond donors (Lipinski definition) is 0. The van der Waals surface area contributed by atoms with Gasteiger partial charge in [-0.2, -0.15) is 0 Å². The Morgan fingerprint density at radius 3 is 1.44 bits per heavy atom. The summed E-state index contributed by atoms with van der Waals surface area (Å²) in [6.45, 7) is 2.41. The van der Waals surface area contributed by atoms with Gasteiger partial charge in [0.25, 0.3) is 23.6 Å². The lowest BCUT2D eigenvalue weighted by Crippen LogP contribution is -2.30. The van der Waals surface area contributed by atoms with Crippen LogP contribution in [0.25, 0.3) is 0 Å². The molecule has 0 atom stereocenters. The van der Waals surface area contributed by atoms with Gasteiger partial charge < -0.3 is 9.53 Å². The number of carbonyl (C=O) groups is 7. The SMILES string of the molecule is C.C.C=O.O=C(CCCCCN1C(=O)C=CC1=O)COC(=O)CCCCCN1C(=O)C=CC1=O. The van der Waals surface area contributed by atoms with Gasteiger partial charge in [0, 0.05) is 50.2 Å².